The predicted molar refractivity (Wildman–Crippen MR) is 87.9 cm³/mol. The van der Waals surface area contributed by atoms with Crippen molar-refractivity contribution >= 4 is 0 Å². The lowest BCUT2D eigenvalue weighted by molar-refractivity contribution is 0.171. The summed E-state index contributed by atoms with van der Waals surface area (Å²) >= 11 is 0. The van der Waals surface area contributed by atoms with Crippen molar-refractivity contribution in [3.05, 3.63) is 60.3 Å². The predicted octanol–water partition coefficient (Wildman–Crippen LogP) is 2.77. The van der Waals surface area contributed by atoms with Crippen LogP contribution < -0.4 is 15.2 Å². The van der Waals surface area contributed by atoms with Crippen molar-refractivity contribution in [3.63, 3.8) is 0 Å². The minimum Gasteiger partial charge on any atom is -0.486 e. The zero-order chi connectivity index (χ0) is 15.6. The van der Waals surface area contributed by atoms with Crippen LogP contribution in [0.1, 0.15) is 5.56 Å². The molecule has 0 saturated heterocycles. The van der Waals surface area contributed by atoms with E-state index in [9.17, 15) is 0 Å². The average Bonchev–Trinajstić information content (AvgIpc) is 3.06. The van der Waals surface area contributed by atoms with E-state index in [1.165, 1.54) is 0 Å². The molecule has 5 nitrogen and oxygen atoms in total. The zero-order valence-electron chi connectivity index (χ0n) is 12.6. The number of aromatic nitrogens is 2. The van der Waals surface area contributed by atoms with Crippen LogP contribution in [0.2, 0.25) is 0 Å². The Morgan fingerprint density at radius 3 is 2.57 bits per heavy atom. The molecule has 0 atom stereocenters. The van der Waals surface area contributed by atoms with Crippen LogP contribution in [-0.4, -0.2) is 23.0 Å². The largest absolute Gasteiger partial charge is 0.486 e. The normalized spacial score (nSPS) is 13.1. The smallest absolute Gasteiger partial charge is 0.162 e. The molecule has 0 fully saturated rings. The standard InChI is InChI=1S/C18H17N3O2/c19-11-14-12-21(15-4-2-1-3-5-15)20-18(14)13-6-7-16-17(10-13)23-9-8-22-16/h1-7,10,12H,8-9,11,19H2. The van der Waals surface area contributed by atoms with Crippen LogP contribution in [0.15, 0.2) is 54.7 Å². The number of rotatable bonds is 3. The first kappa shape index (κ1) is 13.8. The maximum Gasteiger partial charge on any atom is 0.162 e. The third-order valence-corrected chi connectivity index (χ3v) is 3.85. The molecule has 2 aromatic carbocycles. The maximum atomic E-state index is 5.91. The van der Waals surface area contributed by atoms with E-state index in [1.807, 2.05) is 59.4 Å². The van der Waals surface area contributed by atoms with Gasteiger partial charge in [-0.05, 0) is 30.3 Å². The number of para-hydroxylation sites is 1. The van der Waals surface area contributed by atoms with Crippen LogP contribution in [-0.2, 0) is 6.54 Å². The summed E-state index contributed by atoms with van der Waals surface area (Å²) in [4.78, 5) is 0. The van der Waals surface area contributed by atoms with Crippen LogP contribution in [0.4, 0.5) is 0 Å². The van der Waals surface area contributed by atoms with Crippen molar-refractivity contribution in [1.29, 1.82) is 0 Å². The highest BCUT2D eigenvalue weighted by Crippen LogP contribution is 2.35. The summed E-state index contributed by atoms with van der Waals surface area (Å²) < 4.78 is 13.1. The minimum atomic E-state index is 0.427. The number of nitrogens with two attached hydrogens (primary N) is 1. The van der Waals surface area contributed by atoms with E-state index in [2.05, 4.69) is 0 Å². The van der Waals surface area contributed by atoms with Crippen molar-refractivity contribution in [2.75, 3.05) is 13.2 Å². The van der Waals surface area contributed by atoms with Gasteiger partial charge in [-0.2, -0.15) is 5.10 Å². The minimum absolute atomic E-state index is 0.427. The Morgan fingerprint density at radius 1 is 1.00 bits per heavy atom. The molecule has 5 heteroatoms. The molecule has 1 aliphatic heterocycles. The Morgan fingerprint density at radius 2 is 1.78 bits per heavy atom. The van der Waals surface area contributed by atoms with Gasteiger partial charge < -0.3 is 15.2 Å². The first-order valence-corrected chi connectivity index (χ1v) is 7.59. The summed E-state index contributed by atoms with van der Waals surface area (Å²) in [6.45, 7) is 1.58. The van der Waals surface area contributed by atoms with Crippen LogP contribution in [0.3, 0.4) is 0 Å². The Bertz CT molecular complexity index is 828. The molecular formula is C18H17N3O2. The van der Waals surface area contributed by atoms with Crippen molar-refractivity contribution in [1.82, 2.24) is 9.78 Å². The van der Waals surface area contributed by atoms with Gasteiger partial charge in [-0.1, -0.05) is 18.2 Å². The van der Waals surface area contributed by atoms with Gasteiger partial charge in [0.2, 0.25) is 0 Å². The Hall–Kier alpha value is -2.79. The molecule has 116 valence electrons. The summed E-state index contributed by atoms with van der Waals surface area (Å²) in [6, 6.07) is 15.9. The van der Waals surface area contributed by atoms with Gasteiger partial charge in [0.25, 0.3) is 0 Å². The molecule has 0 aliphatic carbocycles. The van der Waals surface area contributed by atoms with Crippen LogP contribution in [0.25, 0.3) is 16.9 Å². The number of nitrogens with zero attached hydrogens (tertiary/aromatic N) is 2. The SMILES string of the molecule is NCc1cn(-c2ccccc2)nc1-c1ccc2c(c1)OCCO2. The van der Waals surface area contributed by atoms with Gasteiger partial charge in [0, 0.05) is 23.9 Å². The lowest BCUT2D eigenvalue weighted by Crippen LogP contribution is -2.15. The summed E-state index contributed by atoms with van der Waals surface area (Å²) in [5.74, 6) is 1.53. The molecule has 0 saturated carbocycles. The van der Waals surface area contributed by atoms with Crippen molar-refractivity contribution in [3.8, 4) is 28.4 Å². The molecule has 2 N–H and O–H groups in total. The zero-order valence-corrected chi connectivity index (χ0v) is 12.6. The van der Waals surface area contributed by atoms with Gasteiger partial charge in [0.05, 0.1) is 11.4 Å². The van der Waals surface area contributed by atoms with Gasteiger partial charge >= 0.3 is 0 Å². The molecule has 1 aromatic heterocycles. The van der Waals surface area contributed by atoms with E-state index in [0.29, 0.717) is 19.8 Å². The van der Waals surface area contributed by atoms with Crippen molar-refractivity contribution in [2.45, 2.75) is 6.54 Å². The molecule has 3 aromatic rings. The lowest BCUT2D eigenvalue weighted by Gasteiger charge is -2.18. The van der Waals surface area contributed by atoms with E-state index in [4.69, 9.17) is 20.3 Å². The monoisotopic (exact) mass is 307 g/mol. The third-order valence-electron chi connectivity index (χ3n) is 3.85. The molecule has 23 heavy (non-hydrogen) atoms. The molecule has 0 spiro atoms. The maximum absolute atomic E-state index is 5.91. The number of benzene rings is 2. The third kappa shape index (κ3) is 2.55. The second-order valence-corrected chi connectivity index (χ2v) is 5.35. The Balaban J connectivity index is 1.78. The number of ether oxygens (including phenoxy) is 2. The number of hydrogen-bond acceptors (Lipinski definition) is 4. The van der Waals surface area contributed by atoms with Crippen molar-refractivity contribution in [2.24, 2.45) is 5.73 Å². The van der Waals surface area contributed by atoms with Crippen LogP contribution >= 0.6 is 0 Å². The molecule has 0 bridgehead atoms. The molecule has 0 radical (unpaired) electrons. The Kier molecular flexibility index (Phi) is 3.48. The number of fused-ring (bicyclic) bond motifs is 1. The van der Waals surface area contributed by atoms with E-state index >= 15 is 0 Å². The van der Waals surface area contributed by atoms with Gasteiger partial charge in [-0.25, -0.2) is 4.68 Å². The molecule has 2 heterocycles. The van der Waals surface area contributed by atoms with Gasteiger partial charge in [0.1, 0.15) is 13.2 Å². The van der Waals surface area contributed by atoms with Gasteiger partial charge in [0.15, 0.2) is 11.5 Å². The molecular weight excluding hydrogens is 290 g/mol. The first-order valence-electron chi connectivity index (χ1n) is 7.59. The van der Waals surface area contributed by atoms with Crippen LogP contribution in [0, 0.1) is 0 Å². The fourth-order valence-corrected chi connectivity index (χ4v) is 2.71. The highest BCUT2D eigenvalue weighted by molar-refractivity contribution is 5.67. The molecule has 0 unspecified atom stereocenters. The topological polar surface area (TPSA) is 62.3 Å². The number of hydrogen-bond donors (Lipinski definition) is 1. The summed E-state index contributed by atoms with van der Waals surface area (Å²) in [5.41, 5.74) is 9.75. The lowest BCUT2D eigenvalue weighted by atomic mass is 10.1. The fraction of sp³-hybridized carbons (Fsp3) is 0.167. The summed E-state index contributed by atoms with van der Waals surface area (Å²) in [5, 5.41) is 4.71. The Labute approximate surface area is 134 Å². The molecule has 4 rings (SSSR count). The second kappa shape index (κ2) is 5.78. The first-order chi connectivity index (χ1) is 11.3. The van der Waals surface area contributed by atoms with E-state index in [-0.39, 0.29) is 0 Å². The highest BCUT2D eigenvalue weighted by atomic mass is 16.6. The molecule has 1 aliphatic rings. The second-order valence-electron chi connectivity index (χ2n) is 5.35. The summed E-state index contributed by atoms with van der Waals surface area (Å²) in [6.07, 6.45) is 1.97. The van der Waals surface area contributed by atoms with Gasteiger partial charge in [-0.15, -0.1) is 0 Å². The van der Waals surface area contributed by atoms with Crippen LogP contribution in [0.5, 0.6) is 11.5 Å². The quantitative estimate of drug-likeness (QED) is 0.808. The fourth-order valence-electron chi connectivity index (χ4n) is 2.71. The van der Waals surface area contributed by atoms with Crippen molar-refractivity contribution < 1.29 is 9.47 Å². The summed E-state index contributed by atoms with van der Waals surface area (Å²) in [7, 11) is 0. The van der Waals surface area contributed by atoms with Gasteiger partial charge in [-0.3, -0.25) is 0 Å². The average molecular weight is 307 g/mol. The van der Waals surface area contributed by atoms with E-state index in [0.717, 1.165) is 34.0 Å². The highest BCUT2D eigenvalue weighted by Gasteiger charge is 2.16. The molecule has 0 amide bonds. The van der Waals surface area contributed by atoms with E-state index in [1.54, 1.807) is 0 Å². The van der Waals surface area contributed by atoms with E-state index < -0.39 is 0 Å².